The van der Waals surface area contributed by atoms with Crippen molar-refractivity contribution in [2.75, 3.05) is 0 Å². The molecule has 0 saturated heterocycles. The Morgan fingerprint density at radius 2 is 1.57 bits per heavy atom. The van der Waals surface area contributed by atoms with Gasteiger partial charge in [-0.1, -0.05) is 37.5 Å². The number of fused-ring (bicyclic) bond motifs is 1. The second-order valence-electron chi connectivity index (χ2n) is 7.79. The molecule has 0 aromatic heterocycles. The zero-order valence-corrected chi connectivity index (χ0v) is 14.2. The zero-order chi connectivity index (χ0) is 16.1. The number of ketones is 2. The van der Waals surface area contributed by atoms with Gasteiger partial charge in [-0.15, -0.1) is 0 Å². The van der Waals surface area contributed by atoms with Crippen LogP contribution in [-0.4, -0.2) is 11.6 Å². The van der Waals surface area contributed by atoms with E-state index in [1.807, 2.05) is 0 Å². The van der Waals surface area contributed by atoms with Crippen molar-refractivity contribution in [1.82, 2.24) is 0 Å². The molecule has 0 bridgehead atoms. The summed E-state index contributed by atoms with van der Waals surface area (Å²) in [4.78, 5) is 26.2. The fourth-order valence-corrected chi connectivity index (χ4v) is 4.94. The van der Waals surface area contributed by atoms with E-state index >= 15 is 0 Å². The first-order valence-corrected chi connectivity index (χ1v) is 9.32. The van der Waals surface area contributed by atoms with E-state index in [0.29, 0.717) is 5.92 Å². The lowest BCUT2D eigenvalue weighted by Gasteiger charge is -2.21. The molecule has 3 fully saturated rings. The number of carbonyl (C=O) groups is 2. The van der Waals surface area contributed by atoms with Gasteiger partial charge in [-0.2, -0.15) is 0 Å². The maximum Gasteiger partial charge on any atom is 0.151 e. The molecule has 0 N–H and O–H groups in total. The molecule has 0 aliphatic heterocycles. The number of hydrogen-bond donors (Lipinski definition) is 0. The van der Waals surface area contributed by atoms with E-state index in [1.165, 1.54) is 29.5 Å². The minimum Gasteiger partial charge on any atom is -0.298 e. The molecule has 0 spiro atoms. The number of aryl methyl sites for hydroxylation is 2. The molecule has 2 atom stereocenters. The molecular weight excluding hydrogens is 284 g/mol. The Labute approximate surface area is 138 Å². The summed E-state index contributed by atoms with van der Waals surface area (Å²) in [5, 5.41) is 0. The largest absolute Gasteiger partial charge is 0.298 e. The molecule has 2 heteroatoms. The van der Waals surface area contributed by atoms with E-state index in [2.05, 4.69) is 26.0 Å². The summed E-state index contributed by atoms with van der Waals surface area (Å²) in [6, 6.07) is 4.44. The lowest BCUT2D eigenvalue weighted by Crippen LogP contribution is -2.21. The molecule has 0 radical (unpaired) electrons. The van der Waals surface area contributed by atoms with E-state index in [0.717, 1.165) is 37.7 Å². The van der Waals surface area contributed by atoms with Gasteiger partial charge >= 0.3 is 0 Å². The molecule has 3 saturated carbocycles. The second kappa shape index (κ2) is 5.58. The van der Waals surface area contributed by atoms with Gasteiger partial charge < -0.3 is 0 Å². The van der Waals surface area contributed by atoms with Crippen molar-refractivity contribution in [2.45, 2.75) is 70.6 Å². The van der Waals surface area contributed by atoms with Crippen LogP contribution < -0.4 is 0 Å². The zero-order valence-electron chi connectivity index (χ0n) is 14.2. The molecule has 3 aliphatic carbocycles. The Balaban J connectivity index is 1.83. The third kappa shape index (κ3) is 2.38. The highest BCUT2D eigenvalue weighted by Crippen LogP contribution is 2.50. The smallest absolute Gasteiger partial charge is 0.151 e. The first kappa shape index (κ1) is 15.1. The SMILES string of the molecule is CCc1cc(C)cc(C2CC2)c1C1C(=O)[C@H]2CCCC[C@@H]2C1=O. The van der Waals surface area contributed by atoms with Gasteiger partial charge in [0.2, 0.25) is 0 Å². The Morgan fingerprint density at radius 1 is 0.957 bits per heavy atom. The molecule has 0 unspecified atom stereocenters. The van der Waals surface area contributed by atoms with Gasteiger partial charge in [0.05, 0.1) is 0 Å². The molecule has 0 amide bonds. The van der Waals surface area contributed by atoms with Crippen molar-refractivity contribution in [2.24, 2.45) is 11.8 Å². The van der Waals surface area contributed by atoms with Gasteiger partial charge in [0.15, 0.2) is 11.6 Å². The maximum atomic E-state index is 13.1. The summed E-state index contributed by atoms with van der Waals surface area (Å²) >= 11 is 0. The average molecular weight is 310 g/mol. The molecule has 2 nitrogen and oxygen atoms in total. The van der Waals surface area contributed by atoms with Gasteiger partial charge in [-0.3, -0.25) is 9.59 Å². The van der Waals surface area contributed by atoms with Crippen molar-refractivity contribution < 1.29 is 9.59 Å². The third-order valence-corrected chi connectivity index (χ3v) is 6.19. The highest BCUT2D eigenvalue weighted by Gasteiger charge is 2.51. The van der Waals surface area contributed by atoms with Crippen LogP contribution in [0.1, 0.15) is 79.5 Å². The lowest BCUT2D eigenvalue weighted by molar-refractivity contribution is -0.125. The summed E-state index contributed by atoms with van der Waals surface area (Å²) < 4.78 is 0. The lowest BCUT2D eigenvalue weighted by atomic mass is 9.81. The van der Waals surface area contributed by atoms with E-state index in [9.17, 15) is 9.59 Å². The summed E-state index contributed by atoms with van der Waals surface area (Å²) in [6.07, 6.45) is 7.40. The standard InChI is InChI=1S/C21H26O2/c1-3-13-10-12(2)11-17(14-8-9-14)18(13)19-20(22)15-6-4-5-7-16(15)21(19)23/h10-11,14-16,19H,3-9H2,1-2H3/t15-,16-/m0/s1. The van der Waals surface area contributed by atoms with Crippen LogP contribution >= 0.6 is 0 Å². The van der Waals surface area contributed by atoms with Crippen molar-refractivity contribution >= 4 is 11.6 Å². The van der Waals surface area contributed by atoms with Crippen LogP contribution in [0.15, 0.2) is 12.1 Å². The van der Waals surface area contributed by atoms with Crippen LogP contribution in [-0.2, 0) is 16.0 Å². The molecule has 1 aromatic carbocycles. The van der Waals surface area contributed by atoms with E-state index in [1.54, 1.807) is 0 Å². The number of hydrogen-bond acceptors (Lipinski definition) is 2. The maximum absolute atomic E-state index is 13.1. The van der Waals surface area contributed by atoms with Crippen LogP contribution in [0.4, 0.5) is 0 Å². The molecule has 23 heavy (non-hydrogen) atoms. The van der Waals surface area contributed by atoms with Gasteiger partial charge in [0, 0.05) is 11.8 Å². The Morgan fingerprint density at radius 3 is 2.09 bits per heavy atom. The van der Waals surface area contributed by atoms with Crippen molar-refractivity contribution in [3.8, 4) is 0 Å². The molecular formula is C21H26O2. The predicted molar refractivity (Wildman–Crippen MR) is 90.7 cm³/mol. The number of Topliss-reactive ketones (excluding diaryl/α,β-unsaturated/α-hetero) is 2. The normalized spacial score (nSPS) is 28.3. The van der Waals surface area contributed by atoms with Gasteiger partial charge in [0.25, 0.3) is 0 Å². The number of rotatable bonds is 3. The number of benzene rings is 1. The highest BCUT2D eigenvalue weighted by atomic mass is 16.2. The topological polar surface area (TPSA) is 34.1 Å². The van der Waals surface area contributed by atoms with Gasteiger partial charge in [0.1, 0.15) is 5.92 Å². The first-order valence-electron chi connectivity index (χ1n) is 9.32. The quantitative estimate of drug-likeness (QED) is 0.772. The van der Waals surface area contributed by atoms with E-state index in [4.69, 9.17) is 0 Å². The average Bonchev–Trinajstić information content (AvgIpc) is 3.37. The van der Waals surface area contributed by atoms with Crippen LogP contribution in [0.5, 0.6) is 0 Å². The predicted octanol–water partition coefficient (Wildman–Crippen LogP) is 4.48. The molecule has 122 valence electrons. The molecule has 0 heterocycles. The number of carbonyl (C=O) groups excluding carboxylic acids is 2. The third-order valence-electron chi connectivity index (χ3n) is 6.19. The van der Waals surface area contributed by atoms with Crippen molar-refractivity contribution in [3.05, 3.63) is 34.4 Å². The van der Waals surface area contributed by atoms with E-state index < -0.39 is 5.92 Å². The summed E-state index contributed by atoms with van der Waals surface area (Å²) in [5.41, 5.74) is 4.93. The van der Waals surface area contributed by atoms with Gasteiger partial charge in [-0.25, -0.2) is 0 Å². The fourth-order valence-electron chi connectivity index (χ4n) is 4.94. The summed E-state index contributed by atoms with van der Waals surface area (Å²) in [5.74, 6) is 0.631. The first-order chi connectivity index (χ1) is 11.1. The summed E-state index contributed by atoms with van der Waals surface area (Å²) in [6.45, 7) is 4.28. The van der Waals surface area contributed by atoms with Crippen LogP contribution in [0.2, 0.25) is 0 Å². The molecule has 4 rings (SSSR count). The van der Waals surface area contributed by atoms with Crippen LogP contribution in [0.3, 0.4) is 0 Å². The highest BCUT2D eigenvalue weighted by molar-refractivity contribution is 6.16. The minimum atomic E-state index is -0.450. The van der Waals surface area contributed by atoms with Crippen molar-refractivity contribution in [1.29, 1.82) is 0 Å². The van der Waals surface area contributed by atoms with Gasteiger partial charge in [-0.05, 0) is 61.6 Å². The second-order valence-corrected chi connectivity index (χ2v) is 7.79. The molecule has 1 aromatic rings. The Hall–Kier alpha value is -1.44. The fraction of sp³-hybridized carbons (Fsp3) is 0.619. The van der Waals surface area contributed by atoms with E-state index in [-0.39, 0.29) is 23.4 Å². The monoisotopic (exact) mass is 310 g/mol. The summed E-state index contributed by atoms with van der Waals surface area (Å²) in [7, 11) is 0. The Kier molecular flexibility index (Phi) is 3.66. The van der Waals surface area contributed by atoms with Crippen LogP contribution in [0.25, 0.3) is 0 Å². The van der Waals surface area contributed by atoms with Crippen molar-refractivity contribution in [3.63, 3.8) is 0 Å². The minimum absolute atomic E-state index is 0.0133. The van der Waals surface area contributed by atoms with Crippen LogP contribution in [0, 0.1) is 18.8 Å². The Bertz CT molecular complexity index is 645. The molecule has 3 aliphatic rings.